The molecule has 0 atom stereocenters. The highest BCUT2D eigenvalue weighted by atomic mass is 32.2. The van der Waals surface area contributed by atoms with Crippen molar-refractivity contribution in [2.24, 2.45) is 0 Å². The molecule has 1 aromatic carbocycles. The first-order valence-corrected chi connectivity index (χ1v) is 8.45. The third-order valence-electron chi connectivity index (χ3n) is 3.44. The topological polar surface area (TPSA) is 40.6 Å². The normalized spacial score (nSPS) is 14.0. The molecule has 1 heterocycles. The molecular weight excluding hydrogens is 284 g/mol. The molecule has 21 heavy (non-hydrogen) atoms. The molecule has 0 N–H and O–H groups in total. The van der Waals surface area contributed by atoms with E-state index in [0.29, 0.717) is 5.75 Å². The van der Waals surface area contributed by atoms with Gasteiger partial charge in [-0.15, -0.1) is 11.8 Å². The van der Waals surface area contributed by atoms with Gasteiger partial charge in [0.05, 0.1) is 11.4 Å². The third-order valence-corrected chi connectivity index (χ3v) is 4.49. The van der Waals surface area contributed by atoms with Crippen LogP contribution >= 0.6 is 11.8 Å². The number of carbonyl (C=O) groups excluding carboxylic acids is 2. The van der Waals surface area contributed by atoms with Crippen LogP contribution in [0.1, 0.15) is 26.7 Å². The zero-order chi connectivity index (χ0) is 15.2. The predicted octanol–water partition coefficient (Wildman–Crippen LogP) is 2.77. The van der Waals surface area contributed by atoms with E-state index in [1.807, 2.05) is 29.2 Å². The molecule has 0 spiro atoms. The van der Waals surface area contributed by atoms with E-state index in [2.05, 4.69) is 13.8 Å². The molecule has 2 rings (SSSR count). The van der Waals surface area contributed by atoms with Crippen LogP contribution in [0.25, 0.3) is 0 Å². The summed E-state index contributed by atoms with van der Waals surface area (Å²) >= 11 is 1.54. The van der Waals surface area contributed by atoms with Gasteiger partial charge in [0.1, 0.15) is 6.54 Å². The standard InChI is InChI=1S/C16H22N2O2S/c1-3-9-17(10-4-2)15(19)11-18-13-7-5-6-8-14(13)21-12-16(18)20/h5-8H,3-4,9-12H2,1-2H3. The lowest BCUT2D eigenvalue weighted by atomic mass is 10.2. The molecule has 0 unspecified atom stereocenters. The second-order valence-electron chi connectivity index (χ2n) is 5.12. The van der Waals surface area contributed by atoms with E-state index in [0.717, 1.165) is 36.5 Å². The van der Waals surface area contributed by atoms with Crippen LogP contribution in [0.5, 0.6) is 0 Å². The number of hydrogen-bond acceptors (Lipinski definition) is 3. The van der Waals surface area contributed by atoms with Crippen LogP contribution in [0, 0.1) is 0 Å². The minimum Gasteiger partial charge on any atom is -0.341 e. The van der Waals surface area contributed by atoms with Gasteiger partial charge in [0, 0.05) is 18.0 Å². The number of nitrogens with zero attached hydrogens (tertiary/aromatic N) is 2. The summed E-state index contributed by atoms with van der Waals surface area (Å²) in [7, 11) is 0. The molecule has 0 aliphatic carbocycles. The largest absolute Gasteiger partial charge is 0.341 e. The van der Waals surface area contributed by atoms with Crippen LogP contribution in [0.2, 0.25) is 0 Å². The fourth-order valence-corrected chi connectivity index (χ4v) is 3.40. The van der Waals surface area contributed by atoms with Crippen molar-refractivity contribution in [2.45, 2.75) is 31.6 Å². The van der Waals surface area contributed by atoms with E-state index in [1.54, 1.807) is 16.7 Å². The zero-order valence-electron chi connectivity index (χ0n) is 12.7. The average molecular weight is 306 g/mol. The lowest BCUT2D eigenvalue weighted by Crippen LogP contribution is -2.45. The van der Waals surface area contributed by atoms with Gasteiger partial charge in [-0.25, -0.2) is 0 Å². The Morgan fingerprint density at radius 2 is 1.90 bits per heavy atom. The Morgan fingerprint density at radius 1 is 1.24 bits per heavy atom. The summed E-state index contributed by atoms with van der Waals surface area (Å²) in [5, 5.41) is 0. The van der Waals surface area contributed by atoms with Gasteiger partial charge in [-0.2, -0.15) is 0 Å². The minimum absolute atomic E-state index is 0.0139. The number of hydrogen-bond donors (Lipinski definition) is 0. The first-order chi connectivity index (χ1) is 10.2. The van der Waals surface area contributed by atoms with Crippen molar-refractivity contribution < 1.29 is 9.59 Å². The number of anilines is 1. The number of fused-ring (bicyclic) bond motifs is 1. The van der Waals surface area contributed by atoms with E-state index >= 15 is 0 Å². The second kappa shape index (κ2) is 7.50. The Morgan fingerprint density at radius 3 is 2.57 bits per heavy atom. The summed E-state index contributed by atoms with van der Waals surface area (Å²) < 4.78 is 0. The van der Waals surface area contributed by atoms with Gasteiger partial charge < -0.3 is 9.80 Å². The zero-order valence-corrected chi connectivity index (χ0v) is 13.5. The first-order valence-electron chi connectivity index (χ1n) is 7.47. The number of rotatable bonds is 6. The van der Waals surface area contributed by atoms with Crippen LogP contribution in [0.15, 0.2) is 29.2 Å². The summed E-state index contributed by atoms with van der Waals surface area (Å²) in [5.41, 5.74) is 0.861. The average Bonchev–Trinajstić information content (AvgIpc) is 2.50. The van der Waals surface area contributed by atoms with Crippen LogP contribution < -0.4 is 4.90 Å². The van der Waals surface area contributed by atoms with E-state index in [9.17, 15) is 9.59 Å². The van der Waals surface area contributed by atoms with Crippen LogP contribution in [0.4, 0.5) is 5.69 Å². The maximum atomic E-state index is 12.5. The van der Waals surface area contributed by atoms with E-state index in [4.69, 9.17) is 0 Å². The van der Waals surface area contributed by atoms with Crippen LogP contribution in [0.3, 0.4) is 0 Å². The molecule has 0 radical (unpaired) electrons. The number of para-hydroxylation sites is 1. The Labute approximate surface area is 130 Å². The van der Waals surface area contributed by atoms with Crippen molar-refractivity contribution in [1.29, 1.82) is 0 Å². The number of carbonyl (C=O) groups is 2. The highest BCUT2D eigenvalue weighted by Crippen LogP contribution is 2.34. The van der Waals surface area contributed by atoms with Gasteiger partial charge in [0.2, 0.25) is 11.8 Å². The second-order valence-corrected chi connectivity index (χ2v) is 6.13. The Hall–Kier alpha value is -1.49. The summed E-state index contributed by atoms with van der Waals surface area (Å²) in [6.45, 7) is 5.79. The molecule has 4 nitrogen and oxygen atoms in total. The quantitative estimate of drug-likeness (QED) is 0.811. The third kappa shape index (κ3) is 3.79. The lowest BCUT2D eigenvalue weighted by molar-refractivity contribution is -0.131. The fraction of sp³-hybridized carbons (Fsp3) is 0.500. The van der Waals surface area contributed by atoms with Gasteiger partial charge in [0.15, 0.2) is 0 Å². The molecule has 5 heteroatoms. The molecule has 0 saturated heterocycles. The van der Waals surface area contributed by atoms with Crippen LogP contribution in [-0.4, -0.2) is 42.1 Å². The highest BCUT2D eigenvalue weighted by molar-refractivity contribution is 8.00. The van der Waals surface area contributed by atoms with Gasteiger partial charge in [-0.1, -0.05) is 26.0 Å². The van der Waals surface area contributed by atoms with Crippen molar-refractivity contribution >= 4 is 29.3 Å². The van der Waals surface area contributed by atoms with Gasteiger partial charge in [-0.05, 0) is 25.0 Å². The summed E-state index contributed by atoms with van der Waals surface area (Å²) in [6.07, 6.45) is 1.87. The molecule has 0 bridgehead atoms. The SMILES string of the molecule is CCCN(CCC)C(=O)CN1C(=O)CSc2ccccc21. The molecule has 114 valence electrons. The van der Waals surface area contributed by atoms with Gasteiger partial charge in [0.25, 0.3) is 0 Å². The molecular formula is C16H22N2O2S. The predicted molar refractivity (Wildman–Crippen MR) is 86.7 cm³/mol. The summed E-state index contributed by atoms with van der Waals surface area (Å²) in [4.78, 5) is 29.2. The monoisotopic (exact) mass is 306 g/mol. The fourth-order valence-electron chi connectivity index (χ4n) is 2.46. The number of amides is 2. The first kappa shape index (κ1) is 15.9. The van der Waals surface area contributed by atoms with E-state index in [-0.39, 0.29) is 18.4 Å². The minimum atomic E-state index is 0.0139. The van der Waals surface area contributed by atoms with Crippen molar-refractivity contribution in [3.8, 4) is 0 Å². The van der Waals surface area contributed by atoms with Crippen LogP contribution in [-0.2, 0) is 9.59 Å². The van der Waals surface area contributed by atoms with Crippen molar-refractivity contribution in [2.75, 3.05) is 30.3 Å². The smallest absolute Gasteiger partial charge is 0.242 e. The Balaban J connectivity index is 2.14. The van der Waals surface area contributed by atoms with Crippen molar-refractivity contribution in [1.82, 2.24) is 4.90 Å². The maximum Gasteiger partial charge on any atom is 0.242 e. The molecule has 2 amide bonds. The molecule has 1 aliphatic rings. The van der Waals surface area contributed by atoms with E-state index < -0.39 is 0 Å². The van der Waals surface area contributed by atoms with Gasteiger partial charge >= 0.3 is 0 Å². The Bertz CT molecular complexity index is 513. The maximum absolute atomic E-state index is 12.5. The molecule has 0 aromatic heterocycles. The highest BCUT2D eigenvalue weighted by Gasteiger charge is 2.27. The van der Waals surface area contributed by atoms with Crippen molar-refractivity contribution in [3.63, 3.8) is 0 Å². The molecule has 0 fully saturated rings. The van der Waals surface area contributed by atoms with Gasteiger partial charge in [-0.3, -0.25) is 9.59 Å². The lowest BCUT2D eigenvalue weighted by Gasteiger charge is -2.31. The van der Waals surface area contributed by atoms with E-state index in [1.165, 1.54) is 0 Å². The molecule has 1 aromatic rings. The number of thioether (sulfide) groups is 1. The molecule has 1 aliphatic heterocycles. The summed E-state index contributed by atoms with van der Waals surface area (Å²) in [6, 6.07) is 7.78. The molecule has 0 saturated carbocycles. The number of benzene rings is 1. The Kier molecular flexibility index (Phi) is 5.67. The van der Waals surface area contributed by atoms with Crippen molar-refractivity contribution in [3.05, 3.63) is 24.3 Å². The summed E-state index contributed by atoms with van der Waals surface area (Å²) in [5.74, 6) is 0.458.